The number of anilines is 1. The minimum atomic E-state index is -0.748. The van der Waals surface area contributed by atoms with Crippen LogP contribution in [0.1, 0.15) is 12.8 Å². The predicted molar refractivity (Wildman–Crippen MR) is 65.9 cm³/mol. The molecule has 2 amide bonds. The highest BCUT2D eigenvalue weighted by Gasteiger charge is 2.51. The number of nitrogens with one attached hydrogen (secondary N) is 2. The number of alkyl halides is 1. The summed E-state index contributed by atoms with van der Waals surface area (Å²) in [6, 6.07) is 9.16. The van der Waals surface area contributed by atoms with E-state index in [2.05, 4.69) is 10.6 Å². The van der Waals surface area contributed by atoms with Crippen molar-refractivity contribution in [3.8, 4) is 0 Å². The van der Waals surface area contributed by atoms with Gasteiger partial charge < -0.3 is 10.6 Å². The first-order chi connectivity index (χ1) is 8.16. The molecule has 2 rings (SSSR count). The number of rotatable bonds is 4. The lowest BCUT2D eigenvalue weighted by Crippen LogP contribution is -2.46. The Balaban J connectivity index is 1.99. The van der Waals surface area contributed by atoms with E-state index in [0.717, 1.165) is 5.69 Å². The van der Waals surface area contributed by atoms with Gasteiger partial charge in [-0.15, -0.1) is 11.6 Å². The number of para-hydroxylation sites is 1. The van der Waals surface area contributed by atoms with Crippen molar-refractivity contribution in [1.29, 1.82) is 0 Å². The SMILES string of the molecule is O=C(CCl)NC1(C(=O)Nc2ccccc2)CC1. The van der Waals surface area contributed by atoms with E-state index in [0.29, 0.717) is 12.8 Å². The smallest absolute Gasteiger partial charge is 0.250 e. The molecule has 0 atom stereocenters. The van der Waals surface area contributed by atoms with Crippen LogP contribution in [0, 0.1) is 0 Å². The van der Waals surface area contributed by atoms with Crippen molar-refractivity contribution in [2.24, 2.45) is 0 Å². The third-order valence-corrected chi connectivity index (χ3v) is 2.96. The molecule has 0 saturated heterocycles. The Labute approximate surface area is 104 Å². The van der Waals surface area contributed by atoms with Crippen molar-refractivity contribution in [3.05, 3.63) is 30.3 Å². The number of hydrogen-bond donors (Lipinski definition) is 2. The lowest BCUT2D eigenvalue weighted by atomic mass is 10.2. The van der Waals surface area contributed by atoms with Crippen LogP contribution in [-0.2, 0) is 9.59 Å². The molecule has 0 spiro atoms. The number of hydrogen-bond acceptors (Lipinski definition) is 2. The van der Waals surface area contributed by atoms with Crippen molar-refractivity contribution in [2.45, 2.75) is 18.4 Å². The van der Waals surface area contributed by atoms with Crippen molar-refractivity contribution in [3.63, 3.8) is 0 Å². The van der Waals surface area contributed by atoms with Crippen molar-refractivity contribution in [2.75, 3.05) is 11.2 Å². The summed E-state index contributed by atoms with van der Waals surface area (Å²) < 4.78 is 0. The third kappa shape index (κ3) is 2.77. The molecule has 1 aromatic rings. The van der Waals surface area contributed by atoms with Crippen LogP contribution in [0.5, 0.6) is 0 Å². The Kier molecular flexibility index (Phi) is 3.33. The van der Waals surface area contributed by atoms with E-state index in [1.165, 1.54) is 0 Å². The summed E-state index contributed by atoms with van der Waals surface area (Å²) in [4.78, 5) is 23.2. The van der Waals surface area contributed by atoms with Crippen molar-refractivity contribution >= 4 is 29.1 Å². The van der Waals surface area contributed by atoms with Gasteiger partial charge in [-0.2, -0.15) is 0 Å². The fraction of sp³-hybridized carbons (Fsp3) is 0.333. The fourth-order valence-corrected chi connectivity index (χ4v) is 1.67. The van der Waals surface area contributed by atoms with Gasteiger partial charge in [0.1, 0.15) is 11.4 Å². The summed E-state index contributed by atoms with van der Waals surface area (Å²) in [6.45, 7) is 0. The van der Waals surface area contributed by atoms with Gasteiger partial charge in [0.15, 0.2) is 0 Å². The quantitative estimate of drug-likeness (QED) is 0.798. The first-order valence-electron chi connectivity index (χ1n) is 5.40. The molecule has 0 aromatic heterocycles. The molecule has 1 aliphatic carbocycles. The molecule has 5 heteroatoms. The summed E-state index contributed by atoms with van der Waals surface area (Å²) in [5.74, 6) is -0.616. The zero-order valence-corrected chi connectivity index (χ0v) is 9.96. The summed E-state index contributed by atoms with van der Waals surface area (Å²) in [5.41, 5.74) is -0.0224. The molecular formula is C12H13ClN2O2. The molecule has 0 aliphatic heterocycles. The van der Waals surface area contributed by atoms with Crippen LogP contribution in [0.15, 0.2) is 30.3 Å². The van der Waals surface area contributed by atoms with Crippen LogP contribution in [0.4, 0.5) is 5.69 Å². The summed E-state index contributed by atoms with van der Waals surface area (Å²) in [7, 11) is 0. The molecule has 1 aliphatic rings. The topological polar surface area (TPSA) is 58.2 Å². The number of halogens is 1. The van der Waals surface area contributed by atoms with Gasteiger partial charge in [-0.3, -0.25) is 9.59 Å². The summed E-state index contributed by atoms with van der Waals surface area (Å²) in [6.07, 6.45) is 1.32. The van der Waals surface area contributed by atoms with Gasteiger partial charge in [0, 0.05) is 5.69 Å². The average Bonchev–Trinajstić information content (AvgIpc) is 3.11. The number of carbonyl (C=O) groups is 2. The second-order valence-electron chi connectivity index (χ2n) is 4.08. The van der Waals surface area contributed by atoms with Gasteiger partial charge in [-0.1, -0.05) is 18.2 Å². The normalized spacial score (nSPS) is 16.1. The zero-order valence-electron chi connectivity index (χ0n) is 9.20. The van der Waals surface area contributed by atoms with Crippen LogP contribution in [0.2, 0.25) is 0 Å². The van der Waals surface area contributed by atoms with Crippen LogP contribution in [0.25, 0.3) is 0 Å². The van der Waals surface area contributed by atoms with Crippen molar-refractivity contribution < 1.29 is 9.59 Å². The monoisotopic (exact) mass is 252 g/mol. The second kappa shape index (κ2) is 4.75. The third-order valence-electron chi connectivity index (χ3n) is 2.72. The lowest BCUT2D eigenvalue weighted by molar-refractivity contribution is -0.125. The van der Waals surface area contributed by atoms with Gasteiger partial charge in [-0.05, 0) is 25.0 Å². The van der Waals surface area contributed by atoms with Crippen LogP contribution in [-0.4, -0.2) is 23.2 Å². The zero-order chi connectivity index (χ0) is 12.3. The summed E-state index contributed by atoms with van der Waals surface area (Å²) in [5, 5.41) is 5.43. The van der Waals surface area contributed by atoms with Crippen LogP contribution >= 0.6 is 11.6 Å². The first-order valence-corrected chi connectivity index (χ1v) is 5.93. The Morgan fingerprint density at radius 3 is 2.41 bits per heavy atom. The van der Waals surface area contributed by atoms with Gasteiger partial charge >= 0.3 is 0 Å². The Morgan fingerprint density at radius 1 is 1.24 bits per heavy atom. The second-order valence-corrected chi connectivity index (χ2v) is 4.35. The number of amides is 2. The average molecular weight is 253 g/mol. The van der Waals surface area contributed by atoms with E-state index in [9.17, 15) is 9.59 Å². The minimum Gasteiger partial charge on any atom is -0.341 e. The number of benzene rings is 1. The highest BCUT2D eigenvalue weighted by Crippen LogP contribution is 2.36. The van der Waals surface area contributed by atoms with Gasteiger partial charge in [-0.25, -0.2) is 0 Å². The maximum absolute atomic E-state index is 12.0. The first kappa shape index (κ1) is 11.9. The van der Waals surface area contributed by atoms with E-state index in [1.54, 1.807) is 12.1 Å². The molecule has 1 saturated carbocycles. The molecule has 0 bridgehead atoms. The van der Waals surface area contributed by atoms with Gasteiger partial charge in [0.05, 0.1) is 0 Å². The van der Waals surface area contributed by atoms with Crippen LogP contribution < -0.4 is 10.6 Å². The van der Waals surface area contributed by atoms with Crippen molar-refractivity contribution in [1.82, 2.24) is 5.32 Å². The Bertz CT molecular complexity index is 429. The minimum absolute atomic E-state index is 0.125. The van der Waals surface area contributed by atoms with Crippen LogP contribution in [0.3, 0.4) is 0 Å². The molecule has 90 valence electrons. The molecule has 0 radical (unpaired) electrons. The molecule has 0 unspecified atom stereocenters. The van der Waals surface area contributed by atoms with E-state index in [1.807, 2.05) is 18.2 Å². The molecule has 0 heterocycles. The molecular weight excluding hydrogens is 240 g/mol. The largest absolute Gasteiger partial charge is 0.341 e. The predicted octanol–water partition coefficient (Wildman–Crippen LogP) is 1.51. The molecule has 2 N–H and O–H groups in total. The van der Waals surface area contributed by atoms with E-state index in [-0.39, 0.29) is 17.7 Å². The van der Waals surface area contributed by atoms with E-state index in [4.69, 9.17) is 11.6 Å². The van der Waals surface area contributed by atoms with Gasteiger partial charge in [0.25, 0.3) is 0 Å². The standard InChI is InChI=1S/C12H13ClN2O2/c13-8-10(16)15-12(6-7-12)11(17)14-9-4-2-1-3-5-9/h1-5H,6-8H2,(H,14,17)(H,15,16). The number of carbonyl (C=O) groups excluding carboxylic acids is 2. The highest BCUT2D eigenvalue weighted by molar-refractivity contribution is 6.27. The van der Waals surface area contributed by atoms with E-state index >= 15 is 0 Å². The highest BCUT2D eigenvalue weighted by atomic mass is 35.5. The van der Waals surface area contributed by atoms with Gasteiger partial charge in [0.2, 0.25) is 11.8 Å². The Morgan fingerprint density at radius 2 is 1.88 bits per heavy atom. The maximum atomic E-state index is 12.0. The lowest BCUT2D eigenvalue weighted by Gasteiger charge is -2.16. The van der Waals surface area contributed by atoms with E-state index < -0.39 is 5.54 Å². The maximum Gasteiger partial charge on any atom is 0.250 e. The fourth-order valence-electron chi connectivity index (χ4n) is 1.61. The summed E-state index contributed by atoms with van der Waals surface area (Å²) >= 11 is 5.41. The molecule has 17 heavy (non-hydrogen) atoms. The molecule has 1 aromatic carbocycles. The molecule has 4 nitrogen and oxygen atoms in total. The Hall–Kier alpha value is -1.55. The molecule has 1 fully saturated rings.